The maximum atomic E-state index is 9.38. The number of nitriles is 1. The number of hydrogen-bond donors (Lipinski definition) is 2. The van der Waals surface area contributed by atoms with Crippen LogP contribution in [-0.4, -0.2) is 31.3 Å². The van der Waals surface area contributed by atoms with Crippen LogP contribution in [0.1, 0.15) is 38.3 Å². The average Bonchev–Trinajstić information content (AvgIpc) is 2.48. The molecule has 1 aromatic carbocycles. The molecule has 4 nitrogen and oxygen atoms in total. The molecule has 0 aliphatic heterocycles. The van der Waals surface area contributed by atoms with E-state index in [0.29, 0.717) is 11.5 Å². The zero-order valence-electron chi connectivity index (χ0n) is 13.4. The highest BCUT2D eigenvalue weighted by molar-refractivity contribution is 5.60. The van der Waals surface area contributed by atoms with Crippen molar-refractivity contribution < 1.29 is 5.11 Å². The molecular formula is C17H27N3O. The highest BCUT2D eigenvalue weighted by Crippen LogP contribution is 2.21. The van der Waals surface area contributed by atoms with Crippen molar-refractivity contribution in [2.45, 2.75) is 33.7 Å². The van der Waals surface area contributed by atoms with E-state index < -0.39 is 0 Å². The molecule has 0 aliphatic carbocycles. The van der Waals surface area contributed by atoms with Gasteiger partial charge < -0.3 is 15.3 Å². The van der Waals surface area contributed by atoms with Crippen molar-refractivity contribution in [1.29, 1.82) is 5.26 Å². The van der Waals surface area contributed by atoms with Gasteiger partial charge in [-0.15, -0.1) is 0 Å². The van der Waals surface area contributed by atoms with Gasteiger partial charge in [-0.3, -0.25) is 0 Å². The van der Waals surface area contributed by atoms with Gasteiger partial charge in [0.1, 0.15) is 6.07 Å². The van der Waals surface area contributed by atoms with Crippen LogP contribution in [0.15, 0.2) is 18.2 Å². The number of nitrogens with zero attached hydrogens (tertiary/aromatic N) is 2. The maximum absolute atomic E-state index is 9.38. The molecule has 0 bridgehead atoms. The van der Waals surface area contributed by atoms with E-state index in [1.165, 1.54) is 0 Å². The van der Waals surface area contributed by atoms with Gasteiger partial charge >= 0.3 is 0 Å². The van der Waals surface area contributed by atoms with Gasteiger partial charge in [0, 0.05) is 26.2 Å². The van der Waals surface area contributed by atoms with E-state index in [1.54, 1.807) is 0 Å². The Hall–Kier alpha value is -1.57. The molecule has 0 radical (unpaired) electrons. The van der Waals surface area contributed by atoms with Crippen LogP contribution >= 0.6 is 0 Å². The summed E-state index contributed by atoms with van der Waals surface area (Å²) in [4.78, 5) is 2.14. The fourth-order valence-electron chi connectivity index (χ4n) is 2.27. The predicted octanol–water partition coefficient (Wildman–Crippen LogP) is 2.51. The van der Waals surface area contributed by atoms with E-state index in [9.17, 15) is 5.26 Å². The van der Waals surface area contributed by atoms with Crippen molar-refractivity contribution in [2.24, 2.45) is 5.92 Å². The molecule has 0 fully saturated rings. The Morgan fingerprint density at radius 1 is 1.38 bits per heavy atom. The Labute approximate surface area is 128 Å². The maximum Gasteiger partial charge on any atom is 0.101 e. The van der Waals surface area contributed by atoms with Gasteiger partial charge in [0.05, 0.1) is 11.3 Å². The van der Waals surface area contributed by atoms with Crippen molar-refractivity contribution in [3.05, 3.63) is 29.3 Å². The molecule has 0 unspecified atom stereocenters. The number of aliphatic hydroxyl groups excluding tert-OH is 1. The standard InChI is InChI=1S/C17H27N3O/c1-4-20(8-5-9-21)17-7-6-15(10-16(17)11-18)13-19-12-14(2)3/h6-7,10,14,19,21H,4-5,8-9,12-13H2,1-3H3. The molecule has 0 spiro atoms. The third-order valence-electron chi connectivity index (χ3n) is 3.37. The van der Waals surface area contributed by atoms with Crippen LogP contribution in [0.25, 0.3) is 0 Å². The molecule has 0 saturated carbocycles. The van der Waals surface area contributed by atoms with Gasteiger partial charge in [-0.25, -0.2) is 0 Å². The van der Waals surface area contributed by atoms with Gasteiger partial charge in [0.25, 0.3) is 0 Å². The number of anilines is 1. The third kappa shape index (κ3) is 5.74. The van der Waals surface area contributed by atoms with Crippen molar-refractivity contribution in [1.82, 2.24) is 5.32 Å². The first-order valence-corrected chi connectivity index (χ1v) is 7.71. The Morgan fingerprint density at radius 2 is 2.14 bits per heavy atom. The summed E-state index contributed by atoms with van der Waals surface area (Å²) >= 11 is 0. The fraction of sp³-hybridized carbons (Fsp3) is 0.588. The summed E-state index contributed by atoms with van der Waals surface area (Å²) in [5, 5.41) is 21.7. The van der Waals surface area contributed by atoms with E-state index >= 15 is 0 Å². The Balaban J connectivity index is 2.80. The number of aliphatic hydroxyl groups is 1. The summed E-state index contributed by atoms with van der Waals surface area (Å²) in [7, 11) is 0. The van der Waals surface area contributed by atoms with E-state index in [1.807, 2.05) is 12.1 Å². The summed E-state index contributed by atoms with van der Waals surface area (Å²) in [6, 6.07) is 8.35. The molecule has 0 aromatic heterocycles. The number of hydrogen-bond acceptors (Lipinski definition) is 4. The normalized spacial score (nSPS) is 10.7. The fourth-order valence-corrected chi connectivity index (χ4v) is 2.27. The molecule has 0 heterocycles. The van der Waals surface area contributed by atoms with E-state index in [4.69, 9.17) is 5.11 Å². The monoisotopic (exact) mass is 289 g/mol. The number of rotatable bonds is 9. The lowest BCUT2D eigenvalue weighted by Crippen LogP contribution is -2.25. The van der Waals surface area contributed by atoms with Crippen LogP contribution in [0.4, 0.5) is 5.69 Å². The second-order valence-electron chi connectivity index (χ2n) is 5.64. The van der Waals surface area contributed by atoms with Crippen LogP contribution in [0.2, 0.25) is 0 Å². The second kappa shape index (κ2) is 9.38. The van der Waals surface area contributed by atoms with E-state index in [0.717, 1.165) is 43.9 Å². The van der Waals surface area contributed by atoms with Crippen LogP contribution in [0.3, 0.4) is 0 Å². The highest BCUT2D eigenvalue weighted by Gasteiger charge is 2.10. The number of benzene rings is 1. The lowest BCUT2D eigenvalue weighted by molar-refractivity contribution is 0.289. The molecule has 2 N–H and O–H groups in total. The first kappa shape index (κ1) is 17.5. The predicted molar refractivity (Wildman–Crippen MR) is 87.3 cm³/mol. The topological polar surface area (TPSA) is 59.3 Å². The molecule has 0 amide bonds. The van der Waals surface area contributed by atoms with Crippen molar-refractivity contribution in [3.8, 4) is 6.07 Å². The largest absolute Gasteiger partial charge is 0.396 e. The molecule has 116 valence electrons. The summed E-state index contributed by atoms with van der Waals surface area (Å²) in [5.41, 5.74) is 2.80. The van der Waals surface area contributed by atoms with Gasteiger partial charge in [-0.1, -0.05) is 19.9 Å². The first-order chi connectivity index (χ1) is 10.1. The van der Waals surface area contributed by atoms with E-state index in [-0.39, 0.29) is 6.61 Å². The third-order valence-corrected chi connectivity index (χ3v) is 3.37. The van der Waals surface area contributed by atoms with Crippen LogP contribution in [0, 0.1) is 17.2 Å². The second-order valence-corrected chi connectivity index (χ2v) is 5.64. The number of nitrogens with one attached hydrogen (secondary N) is 1. The van der Waals surface area contributed by atoms with Gasteiger partial charge in [-0.2, -0.15) is 5.26 Å². The Bertz CT molecular complexity index is 466. The lowest BCUT2D eigenvalue weighted by Gasteiger charge is -2.24. The quantitative estimate of drug-likeness (QED) is 0.733. The van der Waals surface area contributed by atoms with Crippen LogP contribution < -0.4 is 10.2 Å². The van der Waals surface area contributed by atoms with Gasteiger partial charge in [-0.05, 0) is 43.5 Å². The minimum Gasteiger partial charge on any atom is -0.396 e. The minimum absolute atomic E-state index is 0.176. The lowest BCUT2D eigenvalue weighted by atomic mass is 10.1. The summed E-state index contributed by atoms with van der Waals surface area (Å²) in [5.74, 6) is 0.619. The smallest absolute Gasteiger partial charge is 0.101 e. The van der Waals surface area contributed by atoms with E-state index in [2.05, 4.69) is 43.1 Å². The zero-order chi connectivity index (χ0) is 15.7. The average molecular weight is 289 g/mol. The highest BCUT2D eigenvalue weighted by atomic mass is 16.3. The molecular weight excluding hydrogens is 262 g/mol. The molecule has 21 heavy (non-hydrogen) atoms. The molecule has 0 aliphatic rings. The Morgan fingerprint density at radius 3 is 2.71 bits per heavy atom. The van der Waals surface area contributed by atoms with Crippen molar-refractivity contribution in [3.63, 3.8) is 0 Å². The van der Waals surface area contributed by atoms with Crippen LogP contribution in [0.5, 0.6) is 0 Å². The SMILES string of the molecule is CCN(CCCO)c1ccc(CNCC(C)C)cc1C#N. The first-order valence-electron chi connectivity index (χ1n) is 7.71. The Kier molecular flexibility index (Phi) is 7.81. The summed E-state index contributed by atoms with van der Waals surface area (Å²) in [6.45, 7) is 9.96. The molecule has 4 heteroatoms. The molecule has 1 rings (SSSR count). The summed E-state index contributed by atoms with van der Waals surface area (Å²) in [6.07, 6.45) is 0.719. The molecule has 1 aromatic rings. The summed E-state index contributed by atoms with van der Waals surface area (Å²) < 4.78 is 0. The van der Waals surface area contributed by atoms with Gasteiger partial charge in [0.2, 0.25) is 0 Å². The molecule has 0 atom stereocenters. The van der Waals surface area contributed by atoms with Crippen molar-refractivity contribution in [2.75, 3.05) is 31.1 Å². The van der Waals surface area contributed by atoms with Crippen molar-refractivity contribution >= 4 is 5.69 Å². The minimum atomic E-state index is 0.176. The van der Waals surface area contributed by atoms with Gasteiger partial charge in [0.15, 0.2) is 0 Å². The van der Waals surface area contributed by atoms with Crippen LogP contribution in [-0.2, 0) is 6.54 Å². The molecule has 0 saturated heterocycles. The zero-order valence-corrected chi connectivity index (χ0v) is 13.4.